The first-order valence-electron chi connectivity index (χ1n) is 7.09. The quantitative estimate of drug-likeness (QED) is 0.864. The van der Waals surface area contributed by atoms with Crippen LogP contribution in [-0.4, -0.2) is 10.8 Å². The highest BCUT2D eigenvalue weighted by atomic mass is 16.1. The van der Waals surface area contributed by atoms with Crippen LogP contribution in [0.4, 0.5) is 0 Å². The second-order valence-electron chi connectivity index (χ2n) is 5.53. The fourth-order valence-electron chi connectivity index (χ4n) is 3.50. The summed E-state index contributed by atoms with van der Waals surface area (Å²) in [4.78, 5) is 16.0. The van der Waals surface area contributed by atoms with Crippen molar-refractivity contribution in [3.8, 4) is 6.07 Å². The van der Waals surface area contributed by atoms with E-state index in [0.717, 1.165) is 11.1 Å². The molecule has 0 spiro atoms. The first-order chi connectivity index (χ1) is 10.2. The molecule has 2 aromatic rings. The lowest BCUT2D eigenvalue weighted by Gasteiger charge is -2.48. The van der Waals surface area contributed by atoms with E-state index in [2.05, 4.69) is 11.1 Å². The SMILES string of the molecule is CC(=O)[C@H]1[C@H](C#N)[C@@H](c2ccncc2)[C@@H]1c1ccccc1. The van der Waals surface area contributed by atoms with E-state index < -0.39 is 0 Å². The summed E-state index contributed by atoms with van der Waals surface area (Å²) >= 11 is 0. The van der Waals surface area contributed by atoms with E-state index in [1.165, 1.54) is 0 Å². The van der Waals surface area contributed by atoms with Gasteiger partial charge in [-0.2, -0.15) is 5.26 Å². The standard InChI is InChI=1S/C18H16N2O/c1-12(21)16-15(11-19)17(14-7-9-20-10-8-14)18(16)13-5-3-2-4-6-13/h2-10,15-18H,1H3/t15-,16-,17+,18+/m0/s1. The molecule has 104 valence electrons. The predicted octanol–water partition coefficient (Wildman–Crippen LogP) is 3.31. The lowest BCUT2D eigenvalue weighted by molar-refractivity contribution is -0.126. The van der Waals surface area contributed by atoms with Gasteiger partial charge in [-0.15, -0.1) is 0 Å². The Morgan fingerprint density at radius 1 is 1.05 bits per heavy atom. The number of Topliss-reactive ketones (excluding diaryl/α,β-unsaturated/α-hetero) is 1. The number of rotatable bonds is 3. The second-order valence-corrected chi connectivity index (χ2v) is 5.53. The van der Waals surface area contributed by atoms with Crippen LogP contribution in [0.1, 0.15) is 29.9 Å². The molecule has 1 fully saturated rings. The molecule has 3 rings (SSSR count). The van der Waals surface area contributed by atoms with E-state index in [-0.39, 0.29) is 29.5 Å². The molecule has 0 N–H and O–H groups in total. The number of hydrogen-bond donors (Lipinski definition) is 0. The van der Waals surface area contributed by atoms with E-state index in [1.54, 1.807) is 19.3 Å². The normalized spacial score (nSPS) is 27.4. The number of nitriles is 1. The van der Waals surface area contributed by atoms with Crippen molar-refractivity contribution in [3.05, 3.63) is 66.0 Å². The van der Waals surface area contributed by atoms with Gasteiger partial charge in [-0.1, -0.05) is 30.3 Å². The maximum atomic E-state index is 12.0. The molecule has 0 bridgehead atoms. The van der Waals surface area contributed by atoms with Crippen LogP contribution in [0.5, 0.6) is 0 Å². The minimum absolute atomic E-state index is 0.0642. The fraction of sp³-hybridized carbons (Fsp3) is 0.278. The Bertz CT molecular complexity index is 675. The lowest BCUT2D eigenvalue weighted by atomic mass is 9.52. The molecular weight excluding hydrogens is 260 g/mol. The highest BCUT2D eigenvalue weighted by Gasteiger charge is 2.53. The zero-order valence-electron chi connectivity index (χ0n) is 11.8. The molecule has 1 saturated carbocycles. The van der Waals surface area contributed by atoms with E-state index in [0.29, 0.717) is 0 Å². The van der Waals surface area contributed by atoms with Crippen molar-refractivity contribution in [1.29, 1.82) is 5.26 Å². The van der Waals surface area contributed by atoms with Gasteiger partial charge in [-0.05, 0) is 30.2 Å². The summed E-state index contributed by atoms with van der Waals surface area (Å²) in [6, 6.07) is 16.2. The van der Waals surface area contributed by atoms with Gasteiger partial charge in [0.25, 0.3) is 0 Å². The summed E-state index contributed by atoms with van der Waals surface area (Å²) in [7, 11) is 0. The molecule has 1 aliphatic carbocycles. The highest BCUT2D eigenvalue weighted by molar-refractivity contribution is 5.82. The average molecular weight is 276 g/mol. The molecule has 0 radical (unpaired) electrons. The van der Waals surface area contributed by atoms with Crippen LogP contribution < -0.4 is 0 Å². The summed E-state index contributed by atoms with van der Waals surface area (Å²) in [6.45, 7) is 1.59. The van der Waals surface area contributed by atoms with Gasteiger partial charge in [-0.3, -0.25) is 9.78 Å². The van der Waals surface area contributed by atoms with E-state index in [9.17, 15) is 10.1 Å². The van der Waals surface area contributed by atoms with E-state index >= 15 is 0 Å². The van der Waals surface area contributed by atoms with Crippen LogP contribution in [0.3, 0.4) is 0 Å². The number of carbonyl (C=O) groups is 1. The molecule has 0 aliphatic heterocycles. The van der Waals surface area contributed by atoms with Crippen LogP contribution in [0.25, 0.3) is 0 Å². The topological polar surface area (TPSA) is 53.8 Å². The first kappa shape index (κ1) is 13.5. The molecule has 0 amide bonds. The van der Waals surface area contributed by atoms with Gasteiger partial charge >= 0.3 is 0 Å². The van der Waals surface area contributed by atoms with Gasteiger partial charge in [0.1, 0.15) is 5.78 Å². The zero-order valence-corrected chi connectivity index (χ0v) is 11.8. The van der Waals surface area contributed by atoms with Crippen molar-refractivity contribution in [3.63, 3.8) is 0 Å². The van der Waals surface area contributed by atoms with Crippen molar-refractivity contribution < 1.29 is 4.79 Å². The van der Waals surface area contributed by atoms with Crippen molar-refractivity contribution in [1.82, 2.24) is 4.98 Å². The number of aromatic nitrogens is 1. The fourth-order valence-corrected chi connectivity index (χ4v) is 3.50. The summed E-state index contributed by atoms with van der Waals surface area (Å²) in [5, 5.41) is 9.48. The minimum Gasteiger partial charge on any atom is -0.300 e. The van der Waals surface area contributed by atoms with Gasteiger partial charge < -0.3 is 0 Å². The van der Waals surface area contributed by atoms with Crippen LogP contribution in [0.2, 0.25) is 0 Å². The van der Waals surface area contributed by atoms with E-state index in [1.807, 2.05) is 42.5 Å². The molecule has 3 nitrogen and oxygen atoms in total. The zero-order chi connectivity index (χ0) is 14.8. The van der Waals surface area contributed by atoms with Gasteiger partial charge in [0.2, 0.25) is 0 Å². The largest absolute Gasteiger partial charge is 0.300 e. The van der Waals surface area contributed by atoms with Gasteiger partial charge in [0, 0.05) is 30.1 Å². The minimum atomic E-state index is -0.255. The Kier molecular flexibility index (Phi) is 3.53. The van der Waals surface area contributed by atoms with Crippen molar-refractivity contribution >= 4 is 5.78 Å². The monoisotopic (exact) mass is 276 g/mol. The van der Waals surface area contributed by atoms with Crippen molar-refractivity contribution in [2.24, 2.45) is 11.8 Å². The molecule has 21 heavy (non-hydrogen) atoms. The second kappa shape index (κ2) is 5.49. The summed E-state index contributed by atoms with van der Waals surface area (Å²) in [5.41, 5.74) is 2.22. The average Bonchev–Trinajstić information content (AvgIpc) is 2.48. The lowest BCUT2D eigenvalue weighted by Crippen LogP contribution is -2.46. The molecule has 1 aromatic carbocycles. The van der Waals surface area contributed by atoms with Gasteiger partial charge in [-0.25, -0.2) is 0 Å². The van der Waals surface area contributed by atoms with E-state index in [4.69, 9.17) is 0 Å². The number of hydrogen-bond acceptors (Lipinski definition) is 3. The molecule has 1 heterocycles. The molecular formula is C18H16N2O. The third kappa shape index (κ3) is 2.23. The summed E-state index contributed by atoms with van der Waals surface area (Å²) in [5.74, 6) is -0.226. The summed E-state index contributed by atoms with van der Waals surface area (Å²) in [6.07, 6.45) is 3.49. The van der Waals surface area contributed by atoms with Gasteiger partial charge in [0.05, 0.1) is 12.0 Å². The Labute approximate surface area is 124 Å². The Morgan fingerprint density at radius 2 is 1.67 bits per heavy atom. The highest BCUT2D eigenvalue weighted by Crippen LogP contribution is 2.57. The number of carbonyl (C=O) groups excluding carboxylic acids is 1. The van der Waals surface area contributed by atoms with Crippen molar-refractivity contribution in [2.45, 2.75) is 18.8 Å². The van der Waals surface area contributed by atoms with Crippen LogP contribution in [0.15, 0.2) is 54.9 Å². The van der Waals surface area contributed by atoms with Crippen LogP contribution in [-0.2, 0) is 4.79 Å². The maximum Gasteiger partial charge on any atom is 0.134 e. The van der Waals surface area contributed by atoms with Crippen molar-refractivity contribution in [2.75, 3.05) is 0 Å². The Hall–Kier alpha value is -2.47. The summed E-state index contributed by atoms with van der Waals surface area (Å²) < 4.78 is 0. The third-order valence-electron chi connectivity index (χ3n) is 4.44. The Morgan fingerprint density at radius 3 is 2.24 bits per heavy atom. The molecule has 1 aliphatic rings. The number of benzene rings is 1. The molecule has 4 atom stereocenters. The molecule has 0 saturated heterocycles. The molecule has 3 heteroatoms. The first-order valence-corrected chi connectivity index (χ1v) is 7.09. The van der Waals surface area contributed by atoms with Crippen LogP contribution >= 0.6 is 0 Å². The number of ketones is 1. The number of nitrogens with zero attached hydrogens (tertiary/aromatic N) is 2. The smallest absolute Gasteiger partial charge is 0.134 e. The molecule has 1 aromatic heterocycles. The Balaban J connectivity index is 2.04. The third-order valence-corrected chi connectivity index (χ3v) is 4.44. The van der Waals surface area contributed by atoms with Crippen LogP contribution in [0, 0.1) is 23.2 Å². The molecule has 0 unspecified atom stereocenters. The maximum absolute atomic E-state index is 12.0. The number of pyridine rings is 1. The van der Waals surface area contributed by atoms with Gasteiger partial charge in [0.15, 0.2) is 0 Å². The predicted molar refractivity (Wildman–Crippen MR) is 79.4 cm³/mol.